The quantitative estimate of drug-likeness (QED) is 0.814. The molecule has 0 radical (unpaired) electrons. The number of amides is 1. The van der Waals surface area contributed by atoms with Crippen molar-refractivity contribution in [3.63, 3.8) is 0 Å². The second-order valence-electron chi connectivity index (χ2n) is 4.92. The van der Waals surface area contributed by atoms with Gasteiger partial charge in [0.25, 0.3) is 0 Å². The first-order valence-corrected chi connectivity index (χ1v) is 6.40. The van der Waals surface area contributed by atoms with Crippen LogP contribution in [0.4, 0.5) is 0 Å². The van der Waals surface area contributed by atoms with E-state index in [-0.39, 0.29) is 13.0 Å². The van der Waals surface area contributed by atoms with Crippen molar-refractivity contribution in [3.05, 3.63) is 41.5 Å². The zero-order chi connectivity index (χ0) is 14.6. The molecule has 1 aromatic rings. The van der Waals surface area contributed by atoms with Crippen LogP contribution in [0.2, 0.25) is 0 Å². The molecule has 20 heavy (non-hydrogen) atoms. The Balaban J connectivity index is 2.01. The number of aryl methyl sites for hydroxylation is 1. The highest BCUT2D eigenvalue weighted by molar-refractivity contribution is 5.96. The van der Waals surface area contributed by atoms with Gasteiger partial charge in [0.2, 0.25) is 5.91 Å². The van der Waals surface area contributed by atoms with E-state index >= 15 is 0 Å². The van der Waals surface area contributed by atoms with Gasteiger partial charge in [0.05, 0.1) is 6.61 Å². The summed E-state index contributed by atoms with van der Waals surface area (Å²) >= 11 is 0. The highest BCUT2D eigenvalue weighted by Crippen LogP contribution is 2.19. The summed E-state index contributed by atoms with van der Waals surface area (Å²) < 4.78 is 5.08. The Morgan fingerprint density at radius 1 is 1.35 bits per heavy atom. The number of carboxylic acid groups (broad SMARTS) is 1. The minimum absolute atomic E-state index is 0.00639. The van der Waals surface area contributed by atoms with E-state index in [2.05, 4.69) is 5.32 Å². The van der Waals surface area contributed by atoms with Gasteiger partial charge in [-0.1, -0.05) is 29.8 Å². The van der Waals surface area contributed by atoms with E-state index in [1.165, 1.54) is 6.08 Å². The molecule has 1 saturated heterocycles. The Kier molecular flexibility index (Phi) is 4.20. The van der Waals surface area contributed by atoms with Crippen LogP contribution in [0.1, 0.15) is 17.5 Å². The standard InChI is InChI=1S/C15H17NO4/c1-11-2-4-12(5-3-11)6-7-13(17)16-15(14(18)19)8-9-20-10-15/h2-7H,8-10H2,1H3,(H,16,17)(H,18,19). The topological polar surface area (TPSA) is 75.6 Å². The molecule has 2 N–H and O–H groups in total. The van der Waals surface area contributed by atoms with Gasteiger partial charge in [-0.2, -0.15) is 0 Å². The van der Waals surface area contributed by atoms with Crippen LogP contribution in [0.5, 0.6) is 0 Å². The van der Waals surface area contributed by atoms with Crippen molar-refractivity contribution in [2.45, 2.75) is 18.9 Å². The van der Waals surface area contributed by atoms with E-state index < -0.39 is 17.4 Å². The predicted octanol–water partition coefficient (Wildman–Crippen LogP) is 1.37. The molecule has 106 valence electrons. The zero-order valence-electron chi connectivity index (χ0n) is 11.3. The maximum Gasteiger partial charge on any atom is 0.331 e. The summed E-state index contributed by atoms with van der Waals surface area (Å²) in [4.78, 5) is 23.1. The molecule has 1 aliphatic rings. The summed E-state index contributed by atoms with van der Waals surface area (Å²) in [7, 11) is 0. The number of rotatable bonds is 4. The fourth-order valence-corrected chi connectivity index (χ4v) is 2.01. The van der Waals surface area contributed by atoms with Gasteiger partial charge in [0, 0.05) is 19.1 Å². The lowest BCUT2D eigenvalue weighted by molar-refractivity contribution is -0.147. The van der Waals surface area contributed by atoms with Crippen molar-refractivity contribution in [1.29, 1.82) is 0 Å². The fraction of sp³-hybridized carbons (Fsp3) is 0.333. The van der Waals surface area contributed by atoms with Crippen molar-refractivity contribution in [1.82, 2.24) is 5.32 Å². The number of nitrogens with one attached hydrogen (secondary N) is 1. The van der Waals surface area contributed by atoms with Gasteiger partial charge in [-0.15, -0.1) is 0 Å². The van der Waals surface area contributed by atoms with E-state index in [0.717, 1.165) is 11.1 Å². The molecule has 1 unspecified atom stereocenters. The Hall–Kier alpha value is -2.14. The molecule has 0 aromatic heterocycles. The van der Waals surface area contributed by atoms with E-state index in [1.54, 1.807) is 6.08 Å². The summed E-state index contributed by atoms with van der Waals surface area (Å²) in [5, 5.41) is 11.7. The van der Waals surface area contributed by atoms with Gasteiger partial charge in [-0.25, -0.2) is 4.79 Å². The van der Waals surface area contributed by atoms with Gasteiger partial charge in [0.1, 0.15) is 0 Å². The third kappa shape index (κ3) is 3.24. The van der Waals surface area contributed by atoms with Gasteiger partial charge in [-0.3, -0.25) is 4.79 Å². The summed E-state index contributed by atoms with van der Waals surface area (Å²) in [6.45, 7) is 2.33. The lowest BCUT2D eigenvalue weighted by atomic mass is 9.99. The van der Waals surface area contributed by atoms with E-state index in [4.69, 9.17) is 4.74 Å². The lowest BCUT2D eigenvalue weighted by Crippen LogP contribution is -2.54. The van der Waals surface area contributed by atoms with E-state index in [0.29, 0.717) is 6.61 Å². The Labute approximate surface area is 117 Å². The molecule has 5 heteroatoms. The van der Waals surface area contributed by atoms with Crippen LogP contribution in [0.15, 0.2) is 30.3 Å². The molecule has 2 rings (SSSR count). The van der Waals surface area contributed by atoms with Crippen LogP contribution >= 0.6 is 0 Å². The number of ether oxygens (including phenoxy) is 1. The van der Waals surface area contributed by atoms with Crippen LogP contribution in [0, 0.1) is 6.92 Å². The average molecular weight is 275 g/mol. The third-order valence-electron chi connectivity index (χ3n) is 3.30. The van der Waals surface area contributed by atoms with Gasteiger partial charge >= 0.3 is 5.97 Å². The molecular formula is C15H17NO4. The summed E-state index contributed by atoms with van der Waals surface area (Å²) in [6, 6.07) is 7.68. The number of carbonyl (C=O) groups is 2. The van der Waals surface area contributed by atoms with Gasteiger partial charge in [0.15, 0.2) is 5.54 Å². The molecule has 1 atom stereocenters. The molecule has 0 spiro atoms. The average Bonchev–Trinajstić information content (AvgIpc) is 2.88. The molecule has 1 amide bonds. The molecule has 1 aromatic carbocycles. The maximum atomic E-state index is 11.8. The van der Waals surface area contributed by atoms with Gasteiger partial charge < -0.3 is 15.2 Å². The Morgan fingerprint density at radius 2 is 2.05 bits per heavy atom. The number of hydrogen-bond acceptors (Lipinski definition) is 3. The molecule has 1 aliphatic heterocycles. The number of aliphatic carboxylic acids is 1. The highest BCUT2D eigenvalue weighted by Gasteiger charge is 2.43. The van der Waals surface area contributed by atoms with E-state index in [9.17, 15) is 14.7 Å². The predicted molar refractivity (Wildman–Crippen MR) is 74.2 cm³/mol. The molecule has 0 saturated carbocycles. The van der Waals surface area contributed by atoms with Crippen LogP contribution in [-0.2, 0) is 14.3 Å². The second-order valence-corrected chi connectivity index (χ2v) is 4.92. The van der Waals surface area contributed by atoms with Crippen LogP contribution in [-0.4, -0.2) is 35.7 Å². The maximum absolute atomic E-state index is 11.8. The Morgan fingerprint density at radius 3 is 2.60 bits per heavy atom. The minimum Gasteiger partial charge on any atom is -0.479 e. The highest BCUT2D eigenvalue weighted by atomic mass is 16.5. The molecule has 0 aliphatic carbocycles. The van der Waals surface area contributed by atoms with Crippen LogP contribution in [0.3, 0.4) is 0 Å². The summed E-state index contributed by atoms with van der Waals surface area (Å²) in [5.41, 5.74) is 0.728. The summed E-state index contributed by atoms with van der Waals surface area (Å²) in [5.74, 6) is -1.49. The summed E-state index contributed by atoms with van der Waals surface area (Å²) in [6.07, 6.45) is 3.28. The van der Waals surface area contributed by atoms with Crippen molar-refractivity contribution in [2.75, 3.05) is 13.2 Å². The number of benzene rings is 1. The number of hydrogen-bond donors (Lipinski definition) is 2. The first kappa shape index (κ1) is 14.3. The monoisotopic (exact) mass is 275 g/mol. The van der Waals surface area contributed by atoms with Crippen molar-refractivity contribution < 1.29 is 19.4 Å². The number of carbonyl (C=O) groups excluding carboxylic acids is 1. The number of carboxylic acids is 1. The third-order valence-corrected chi connectivity index (χ3v) is 3.30. The van der Waals surface area contributed by atoms with Crippen LogP contribution < -0.4 is 5.32 Å². The fourth-order valence-electron chi connectivity index (χ4n) is 2.01. The first-order valence-electron chi connectivity index (χ1n) is 6.40. The first-order chi connectivity index (χ1) is 9.52. The molecule has 1 fully saturated rings. The van der Waals surface area contributed by atoms with Crippen LogP contribution in [0.25, 0.3) is 6.08 Å². The lowest BCUT2D eigenvalue weighted by Gasteiger charge is -2.22. The smallest absolute Gasteiger partial charge is 0.331 e. The zero-order valence-corrected chi connectivity index (χ0v) is 11.3. The molecular weight excluding hydrogens is 258 g/mol. The molecule has 1 heterocycles. The van der Waals surface area contributed by atoms with Crippen molar-refractivity contribution in [3.8, 4) is 0 Å². The molecule has 5 nitrogen and oxygen atoms in total. The van der Waals surface area contributed by atoms with Gasteiger partial charge in [-0.05, 0) is 18.6 Å². The Bertz CT molecular complexity index is 527. The SMILES string of the molecule is Cc1ccc(C=CC(=O)NC2(C(=O)O)CCOC2)cc1. The van der Waals surface area contributed by atoms with Crippen molar-refractivity contribution in [2.24, 2.45) is 0 Å². The van der Waals surface area contributed by atoms with Crippen molar-refractivity contribution >= 4 is 18.0 Å². The van der Waals surface area contributed by atoms with E-state index in [1.807, 2.05) is 31.2 Å². The normalized spacial score (nSPS) is 22.1. The molecule has 0 bridgehead atoms. The minimum atomic E-state index is -1.30. The second kappa shape index (κ2) is 5.88. The largest absolute Gasteiger partial charge is 0.479 e.